The molecule has 2 aliphatic heterocycles. The molecule has 2 fully saturated rings. The highest BCUT2D eigenvalue weighted by molar-refractivity contribution is 7.91. The first-order valence-corrected chi connectivity index (χ1v) is 8.03. The van der Waals surface area contributed by atoms with Crippen molar-refractivity contribution in [1.29, 1.82) is 0 Å². The van der Waals surface area contributed by atoms with Crippen molar-refractivity contribution in [3.8, 4) is 0 Å². The molecule has 0 bridgehead atoms. The van der Waals surface area contributed by atoms with Crippen molar-refractivity contribution in [2.75, 3.05) is 31.1 Å². The summed E-state index contributed by atoms with van der Waals surface area (Å²) in [5.41, 5.74) is 5.60. The molecule has 0 aromatic rings. The zero-order chi connectivity index (χ0) is 12.5. The summed E-state index contributed by atoms with van der Waals surface area (Å²) >= 11 is 0. The summed E-state index contributed by atoms with van der Waals surface area (Å²) in [5.74, 6) is 0.466. The number of sulfone groups is 1. The Labute approximate surface area is 102 Å². The van der Waals surface area contributed by atoms with Crippen molar-refractivity contribution in [2.24, 2.45) is 17.6 Å². The number of amides is 1. The zero-order valence-corrected chi connectivity index (χ0v) is 10.8. The van der Waals surface area contributed by atoms with Crippen molar-refractivity contribution in [3.63, 3.8) is 0 Å². The Hall–Kier alpha value is -0.620. The normalized spacial score (nSPS) is 29.5. The number of hydrogen-bond donors (Lipinski definition) is 1. The van der Waals surface area contributed by atoms with Gasteiger partial charge in [0, 0.05) is 13.1 Å². The fourth-order valence-electron chi connectivity index (χ4n) is 2.64. The van der Waals surface area contributed by atoms with Gasteiger partial charge in [0.05, 0.1) is 17.4 Å². The predicted molar refractivity (Wildman–Crippen MR) is 65.1 cm³/mol. The molecule has 17 heavy (non-hydrogen) atoms. The molecule has 0 aliphatic carbocycles. The van der Waals surface area contributed by atoms with Crippen LogP contribution in [0.4, 0.5) is 0 Å². The number of hydrogen-bond acceptors (Lipinski definition) is 4. The highest BCUT2D eigenvalue weighted by Gasteiger charge is 2.36. The Morgan fingerprint density at radius 2 is 1.88 bits per heavy atom. The molecule has 2 heterocycles. The quantitative estimate of drug-likeness (QED) is 0.734. The van der Waals surface area contributed by atoms with E-state index in [0.717, 1.165) is 25.9 Å². The number of nitrogens with two attached hydrogens (primary N) is 1. The molecule has 5 nitrogen and oxygen atoms in total. The van der Waals surface area contributed by atoms with Crippen LogP contribution in [-0.2, 0) is 14.6 Å². The topological polar surface area (TPSA) is 80.5 Å². The van der Waals surface area contributed by atoms with Crippen LogP contribution in [0.3, 0.4) is 0 Å². The zero-order valence-electron chi connectivity index (χ0n) is 9.97. The molecule has 0 saturated carbocycles. The third-order valence-electron chi connectivity index (χ3n) is 3.84. The monoisotopic (exact) mass is 260 g/mol. The maximum atomic E-state index is 12.1. The van der Waals surface area contributed by atoms with E-state index in [1.807, 2.05) is 4.90 Å². The first kappa shape index (κ1) is 12.8. The second-order valence-electron chi connectivity index (χ2n) is 5.10. The average Bonchev–Trinajstić information content (AvgIpc) is 2.69. The number of likely N-dealkylation sites (tertiary alicyclic amines) is 1. The van der Waals surface area contributed by atoms with E-state index in [0.29, 0.717) is 18.9 Å². The molecular formula is C11H20N2O3S. The Morgan fingerprint density at radius 3 is 2.35 bits per heavy atom. The van der Waals surface area contributed by atoms with Gasteiger partial charge in [0.1, 0.15) is 0 Å². The Bertz CT molecular complexity index is 386. The van der Waals surface area contributed by atoms with Gasteiger partial charge in [0.2, 0.25) is 5.91 Å². The maximum Gasteiger partial charge on any atom is 0.226 e. The molecule has 98 valence electrons. The smallest absolute Gasteiger partial charge is 0.226 e. The van der Waals surface area contributed by atoms with Crippen molar-refractivity contribution in [2.45, 2.75) is 19.3 Å². The predicted octanol–water partition coefficient (Wildman–Crippen LogP) is -0.382. The van der Waals surface area contributed by atoms with Crippen LogP contribution in [0.25, 0.3) is 0 Å². The van der Waals surface area contributed by atoms with E-state index in [1.54, 1.807) is 0 Å². The second kappa shape index (κ2) is 4.94. The lowest BCUT2D eigenvalue weighted by molar-refractivity contribution is -0.136. The van der Waals surface area contributed by atoms with Crippen LogP contribution < -0.4 is 5.73 Å². The van der Waals surface area contributed by atoms with Crippen LogP contribution in [0.1, 0.15) is 19.3 Å². The van der Waals surface area contributed by atoms with E-state index in [4.69, 9.17) is 5.73 Å². The largest absolute Gasteiger partial charge is 0.342 e. The summed E-state index contributed by atoms with van der Waals surface area (Å²) in [6.07, 6.45) is 2.39. The first-order chi connectivity index (χ1) is 8.02. The van der Waals surface area contributed by atoms with Crippen LogP contribution in [0, 0.1) is 11.8 Å². The van der Waals surface area contributed by atoms with Crippen molar-refractivity contribution >= 4 is 15.7 Å². The van der Waals surface area contributed by atoms with Crippen LogP contribution in [0.15, 0.2) is 0 Å². The van der Waals surface area contributed by atoms with Gasteiger partial charge in [-0.15, -0.1) is 0 Å². The second-order valence-corrected chi connectivity index (χ2v) is 7.33. The molecular weight excluding hydrogens is 240 g/mol. The highest BCUT2D eigenvalue weighted by Crippen LogP contribution is 2.23. The van der Waals surface area contributed by atoms with E-state index in [2.05, 4.69) is 0 Å². The van der Waals surface area contributed by atoms with Crippen molar-refractivity contribution in [3.05, 3.63) is 0 Å². The molecule has 0 spiro atoms. The van der Waals surface area contributed by atoms with E-state index in [-0.39, 0.29) is 23.3 Å². The maximum absolute atomic E-state index is 12.1. The van der Waals surface area contributed by atoms with Gasteiger partial charge in [0.25, 0.3) is 0 Å². The highest BCUT2D eigenvalue weighted by atomic mass is 32.2. The minimum Gasteiger partial charge on any atom is -0.342 e. The molecule has 6 heteroatoms. The summed E-state index contributed by atoms with van der Waals surface area (Å²) in [6.45, 7) is 2.15. The van der Waals surface area contributed by atoms with Crippen LogP contribution in [0.2, 0.25) is 0 Å². The minimum atomic E-state index is -2.96. The van der Waals surface area contributed by atoms with Gasteiger partial charge in [-0.2, -0.15) is 0 Å². The average molecular weight is 260 g/mol. The summed E-state index contributed by atoms with van der Waals surface area (Å²) in [6, 6.07) is 0. The summed E-state index contributed by atoms with van der Waals surface area (Å²) in [5, 5.41) is 0. The molecule has 0 aromatic heterocycles. The lowest BCUT2D eigenvalue weighted by Crippen LogP contribution is -2.43. The van der Waals surface area contributed by atoms with Gasteiger partial charge in [-0.3, -0.25) is 4.79 Å². The first-order valence-electron chi connectivity index (χ1n) is 6.21. The molecule has 2 aliphatic rings. The minimum absolute atomic E-state index is 0.0292. The summed E-state index contributed by atoms with van der Waals surface area (Å²) in [4.78, 5) is 13.9. The number of rotatable bonds is 2. The Kier molecular flexibility index (Phi) is 3.73. The van der Waals surface area contributed by atoms with E-state index in [9.17, 15) is 13.2 Å². The third kappa shape index (κ3) is 2.98. The van der Waals surface area contributed by atoms with E-state index in [1.165, 1.54) is 0 Å². The van der Waals surface area contributed by atoms with Crippen LogP contribution in [0.5, 0.6) is 0 Å². The molecule has 2 rings (SSSR count). The molecule has 1 atom stereocenters. The Balaban J connectivity index is 1.89. The fraction of sp³-hybridized carbons (Fsp3) is 0.909. The molecule has 2 N–H and O–H groups in total. The standard InChI is InChI=1S/C11H20N2O3S/c12-7-9-1-4-13(5-2-9)11(14)10-3-6-17(15,16)8-10/h9-10H,1-8,12H2. The van der Waals surface area contributed by atoms with Gasteiger partial charge < -0.3 is 10.6 Å². The third-order valence-corrected chi connectivity index (χ3v) is 5.61. The van der Waals surface area contributed by atoms with E-state index >= 15 is 0 Å². The lowest BCUT2D eigenvalue weighted by Gasteiger charge is -2.32. The number of piperidine rings is 1. The Morgan fingerprint density at radius 1 is 1.24 bits per heavy atom. The molecule has 1 amide bonds. The van der Waals surface area contributed by atoms with Gasteiger partial charge in [-0.25, -0.2) is 8.42 Å². The summed E-state index contributed by atoms with van der Waals surface area (Å²) in [7, 11) is -2.96. The molecule has 0 radical (unpaired) electrons. The van der Waals surface area contributed by atoms with Gasteiger partial charge in [0.15, 0.2) is 9.84 Å². The number of nitrogens with zero attached hydrogens (tertiary/aromatic N) is 1. The van der Waals surface area contributed by atoms with Crippen molar-refractivity contribution in [1.82, 2.24) is 4.90 Å². The van der Waals surface area contributed by atoms with Crippen molar-refractivity contribution < 1.29 is 13.2 Å². The van der Waals surface area contributed by atoms with Gasteiger partial charge in [-0.1, -0.05) is 0 Å². The SMILES string of the molecule is NCC1CCN(C(=O)C2CCS(=O)(=O)C2)CC1. The van der Waals surface area contributed by atoms with Crippen LogP contribution in [-0.4, -0.2) is 50.4 Å². The van der Waals surface area contributed by atoms with E-state index < -0.39 is 9.84 Å². The van der Waals surface area contributed by atoms with Crippen LogP contribution >= 0.6 is 0 Å². The lowest BCUT2D eigenvalue weighted by atomic mass is 9.96. The fourth-order valence-corrected chi connectivity index (χ4v) is 4.37. The van der Waals surface area contributed by atoms with Gasteiger partial charge >= 0.3 is 0 Å². The molecule has 2 saturated heterocycles. The van der Waals surface area contributed by atoms with Gasteiger partial charge in [-0.05, 0) is 31.7 Å². The molecule has 0 aromatic carbocycles. The number of carbonyl (C=O) groups excluding carboxylic acids is 1. The molecule has 1 unspecified atom stereocenters. The summed E-state index contributed by atoms with van der Waals surface area (Å²) < 4.78 is 22.7. The number of carbonyl (C=O) groups is 1.